The van der Waals surface area contributed by atoms with E-state index in [4.69, 9.17) is 0 Å². The second-order valence-electron chi connectivity index (χ2n) is 3.93. The van der Waals surface area contributed by atoms with Crippen LogP contribution >= 0.6 is 0 Å². The lowest BCUT2D eigenvalue weighted by Crippen LogP contribution is -2.15. The average molecular weight is 286 g/mol. The highest BCUT2D eigenvalue weighted by Gasteiger charge is 2.30. The van der Waals surface area contributed by atoms with Crippen LogP contribution in [0.15, 0.2) is 29.1 Å². The Morgan fingerprint density at radius 3 is 2.35 bits per heavy atom. The number of nitrogens with one attached hydrogen (secondary N) is 2. The Kier molecular flexibility index (Phi) is 3.35. The van der Waals surface area contributed by atoms with Gasteiger partial charge in [0.15, 0.2) is 0 Å². The summed E-state index contributed by atoms with van der Waals surface area (Å²) in [6.45, 7) is 0. The van der Waals surface area contributed by atoms with Crippen molar-refractivity contribution >= 4 is 11.6 Å². The maximum Gasteiger partial charge on any atom is 0.416 e. The Hall–Kier alpha value is -2.58. The van der Waals surface area contributed by atoms with Crippen LogP contribution in [-0.4, -0.2) is 20.7 Å². The van der Waals surface area contributed by atoms with Gasteiger partial charge in [-0.2, -0.15) is 13.2 Å². The highest BCUT2D eigenvalue weighted by molar-refractivity contribution is 6.01. The first kappa shape index (κ1) is 13.8. The topological polar surface area (TPSA) is 79.8 Å². The lowest BCUT2D eigenvalue weighted by atomic mass is 10.2. The molecule has 0 saturated carbocycles. The summed E-state index contributed by atoms with van der Waals surface area (Å²) in [5.41, 5.74) is -1.22. The van der Waals surface area contributed by atoms with Crippen LogP contribution in [0, 0.1) is 0 Å². The van der Waals surface area contributed by atoms with Gasteiger partial charge in [-0.3, -0.25) is 9.78 Å². The summed E-state index contributed by atoms with van der Waals surface area (Å²) in [4.78, 5) is 25.0. The first-order chi connectivity index (χ1) is 9.27. The van der Waals surface area contributed by atoms with Crippen molar-refractivity contribution in [1.82, 2.24) is 14.8 Å². The largest absolute Gasteiger partial charge is 0.416 e. The maximum atomic E-state index is 12.4. The number of carbonyl (C=O) groups excluding carboxylic acids is 1. The number of aromatic amines is 1. The highest BCUT2D eigenvalue weighted by Crippen LogP contribution is 2.29. The fraction of sp³-hybridized carbons (Fsp3) is 0.182. The van der Waals surface area contributed by atoms with Crippen molar-refractivity contribution in [1.29, 1.82) is 0 Å². The number of anilines is 1. The number of benzene rings is 1. The van der Waals surface area contributed by atoms with Crippen molar-refractivity contribution in [2.45, 2.75) is 6.18 Å². The summed E-state index contributed by atoms with van der Waals surface area (Å²) in [6.07, 6.45) is -4.44. The van der Waals surface area contributed by atoms with Gasteiger partial charge in [0.1, 0.15) is 0 Å². The number of H-pyrrole nitrogens is 1. The molecule has 0 spiro atoms. The van der Waals surface area contributed by atoms with E-state index in [9.17, 15) is 22.8 Å². The van der Waals surface area contributed by atoms with Crippen molar-refractivity contribution in [2.24, 2.45) is 7.05 Å². The molecule has 2 N–H and O–H groups in total. The molecular weight excluding hydrogens is 277 g/mol. The minimum Gasteiger partial charge on any atom is -0.319 e. The van der Waals surface area contributed by atoms with Crippen LogP contribution in [0.5, 0.6) is 0 Å². The van der Waals surface area contributed by atoms with E-state index in [0.29, 0.717) is 0 Å². The third-order valence-electron chi connectivity index (χ3n) is 2.45. The van der Waals surface area contributed by atoms with Crippen LogP contribution in [0.25, 0.3) is 0 Å². The molecule has 0 saturated heterocycles. The molecule has 1 aromatic carbocycles. The number of amides is 1. The van der Waals surface area contributed by atoms with E-state index in [2.05, 4.69) is 15.4 Å². The van der Waals surface area contributed by atoms with Gasteiger partial charge in [0, 0.05) is 12.7 Å². The van der Waals surface area contributed by atoms with Gasteiger partial charge in [-0.05, 0) is 24.3 Å². The quantitative estimate of drug-likeness (QED) is 0.875. The highest BCUT2D eigenvalue weighted by atomic mass is 19.4. The van der Waals surface area contributed by atoms with Gasteiger partial charge in [0.05, 0.1) is 5.56 Å². The van der Waals surface area contributed by atoms with E-state index in [0.717, 1.165) is 28.9 Å². The zero-order valence-electron chi connectivity index (χ0n) is 10.2. The molecule has 0 bridgehead atoms. The number of hydrogen-bond donors (Lipinski definition) is 2. The predicted octanol–water partition coefficient (Wildman–Crippen LogP) is 1.38. The Morgan fingerprint density at radius 1 is 1.30 bits per heavy atom. The van der Waals surface area contributed by atoms with Crippen LogP contribution in [-0.2, 0) is 13.2 Å². The van der Waals surface area contributed by atoms with Crippen LogP contribution in [0.1, 0.15) is 16.2 Å². The molecule has 6 nitrogen and oxygen atoms in total. The molecule has 2 rings (SSSR count). The molecule has 1 aromatic heterocycles. The van der Waals surface area contributed by atoms with Gasteiger partial charge in [-0.15, -0.1) is 5.10 Å². The van der Waals surface area contributed by atoms with Gasteiger partial charge < -0.3 is 5.32 Å². The number of nitrogens with zero attached hydrogens (tertiary/aromatic N) is 2. The molecule has 0 aliphatic heterocycles. The lowest BCUT2D eigenvalue weighted by molar-refractivity contribution is -0.137. The molecule has 0 aliphatic rings. The molecule has 20 heavy (non-hydrogen) atoms. The molecule has 1 amide bonds. The van der Waals surface area contributed by atoms with Crippen LogP contribution in [0.2, 0.25) is 0 Å². The minimum absolute atomic E-state index is 0.162. The van der Waals surface area contributed by atoms with E-state index in [1.165, 1.54) is 7.05 Å². The van der Waals surface area contributed by atoms with Gasteiger partial charge in [0.2, 0.25) is 5.82 Å². The van der Waals surface area contributed by atoms with Gasteiger partial charge >= 0.3 is 11.9 Å². The number of aromatic nitrogens is 3. The number of hydrogen-bond acceptors (Lipinski definition) is 3. The molecule has 2 aromatic rings. The summed E-state index contributed by atoms with van der Waals surface area (Å²) in [7, 11) is 1.35. The molecule has 1 heterocycles. The molecule has 0 atom stereocenters. The van der Waals surface area contributed by atoms with E-state index in [1.807, 2.05) is 0 Å². The summed E-state index contributed by atoms with van der Waals surface area (Å²) in [6, 6.07) is 3.91. The molecule has 9 heteroatoms. The minimum atomic E-state index is -4.44. The van der Waals surface area contributed by atoms with E-state index in [-0.39, 0.29) is 11.5 Å². The second kappa shape index (κ2) is 4.83. The Morgan fingerprint density at radius 2 is 1.90 bits per heavy atom. The van der Waals surface area contributed by atoms with Gasteiger partial charge in [-0.1, -0.05) is 0 Å². The van der Waals surface area contributed by atoms with Gasteiger partial charge in [-0.25, -0.2) is 9.48 Å². The number of alkyl halides is 3. The van der Waals surface area contributed by atoms with E-state index >= 15 is 0 Å². The number of rotatable bonds is 2. The zero-order valence-corrected chi connectivity index (χ0v) is 10.2. The number of halogens is 3. The van der Waals surface area contributed by atoms with Gasteiger partial charge in [0.25, 0.3) is 5.91 Å². The van der Waals surface area contributed by atoms with Crippen molar-refractivity contribution in [3.63, 3.8) is 0 Å². The van der Waals surface area contributed by atoms with Crippen LogP contribution < -0.4 is 11.0 Å². The van der Waals surface area contributed by atoms with Crippen molar-refractivity contribution in [3.8, 4) is 0 Å². The van der Waals surface area contributed by atoms with E-state index < -0.39 is 23.3 Å². The Balaban J connectivity index is 2.14. The number of carbonyl (C=O) groups is 1. The zero-order chi connectivity index (χ0) is 14.9. The standard InChI is InChI=1S/C11H9F3N4O2/c1-18-10(20)16-8(17-18)9(19)15-7-4-2-6(3-5-7)11(12,13)14/h2-5H,1H3,(H,15,19)(H,16,17,20). The smallest absolute Gasteiger partial charge is 0.319 e. The van der Waals surface area contributed by atoms with Crippen LogP contribution in [0.4, 0.5) is 18.9 Å². The molecule has 106 valence electrons. The fourth-order valence-corrected chi connectivity index (χ4v) is 1.44. The SMILES string of the molecule is Cn1nc(C(=O)Nc2ccc(C(F)(F)F)cc2)[nH]c1=O. The fourth-order valence-electron chi connectivity index (χ4n) is 1.44. The predicted molar refractivity (Wildman–Crippen MR) is 63.2 cm³/mol. The molecule has 0 fully saturated rings. The Bertz CT molecular complexity index is 685. The third-order valence-corrected chi connectivity index (χ3v) is 2.45. The monoisotopic (exact) mass is 286 g/mol. The summed E-state index contributed by atoms with van der Waals surface area (Å²) in [5.74, 6) is -0.945. The number of aryl methyl sites for hydroxylation is 1. The molecular formula is C11H9F3N4O2. The normalized spacial score (nSPS) is 11.4. The second-order valence-corrected chi connectivity index (χ2v) is 3.93. The first-order valence-corrected chi connectivity index (χ1v) is 5.39. The molecule has 0 radical (unpaired) electrons. The summed E-state index contributed by atoms with van der Waals surface area (Å²) < 4.78 is 38.0. The summed E-state index contributed by atoms with van der Waals surface area (Å²) in [5, 5.41) is 5.94. The van der Waals surface area contributed by atoms with Crippen molar-refractivity contribution in [3.05, 3.63) is 46.1 Å². The van der Waals surface area contributed by atoms with E-state index in [1.54, 1.807) is 0 Å². The van der Waals surface area contributed by atoms with Crippen molar-refractivity contribution < 1.29 is 18.0 Å². The van der Waals surface area contributed by atoms with Crippen LogP contribution in [0.3, 0.4) is 0 Å². The molecule has 0 aliphatic carbocycles. The average Bonchev–Trinajstić information content (AvgIpc) is 2.69. The van der Waals surface area contributed by atoms with Crippen molar-refractivity contribution in [2.75, 3.05) is 5.32 Å². The lowest BCUT2D eigenvalue weighted by Gasteiger charge is -2.07. The first-order valence-electron chi connectivity index (χ1n) is 5.39. The summed E-state index contributed by atoms with van der Waals surface area (Å²) >= 11 is 0. The Labute approximate surface area is 110 Å². The third kappa shape index (κ3) is 2.87. The maximum absolute atomic E-state index is 12.4. The molecule has 0 unspecified atom stereocenters.